The van der Waals surface area contributed by atoms with Gasteiger partial charge in [0.15, 0.2) is 11.6 Å². The van der Waals surface area contributed by atoms with Crippen LogP contribution in [0.5, 0.6) is 5.75 Å². The van der Waals surface area contributed by atoms with E-state index in [0.717, 1.165) is 56.0 Å². The Labute approximate surface area is 184 Å². The molecule has 2 atom stereocenters. The molecule has 8 nitrogen and oxygen atoms in total. The molecular weight excluding hydrogens is 448 g/mol. The van der Waals surface area contributed by atoms with Crippen LogP contribution in [0.3, 0.4) is 0 Å². The summed E-state index contributed by atoms with van der Waals surface area (Å²) < 4.78 is 65.1. The molecule has 0 radical (unpaired) electrons. The Kier molecular flexibility index (Phi) is 7.45. The highest BCUT2D eigenvalue weighted by molar-refractivity contribution is 7.93. The van der Waals surface area contributed by atoms with Gasteiger partial charge in [-0.2, -0.15) is 4.37 Å². The predicted octanol–water partition coefficient (Wildman–Crippen LogP) is 2.87. The molecule has 1 fully saturated rings. The molecule has 0 aliphatic heterocycles. The van der Waals surface area contributed by atoms with Gasteiger partial charge in [0.25, 0.3) is 10.0 Å². The van der Waals surface area contributed by atoms with Crippen LogP contribution in [0, 0.1) is 23.0 Å². The first kappa shape index (κ1) is 23.8. The van der Waals surface area contributed by atoms with E-state index in [1.165, 1.54) is 0 Å². The van der Waals surface area contributed by atoms with Crippen LogP contribution in [0.4, 0.5) is 13.9 Å². The summed E-state index contributed by atoms with van der Waals surface area (Å²) in [6, 6.07) is 1.12. The summed E-state index contributed by atoms with van der Waals surface area (Å²) in [7, 11) is -4.37. The second kappa shape index (κ2) is 9.72. The van der Waals surface area contributed by atoms with Crippen molar-refractivity contribution in [2.75, 3.05) is 17.9 Å². The Morgan fingerprint density at radius 1 is 1.32 bits per heavy atom. The largest absolute Gasteiger partial charge is 0.490 e. The van der Waals surface area contributed by atoms with E-state index in [4.69, 9.17) is 16.2 Å². The first-order chi connectivity index (χ1) is 14.7. The summed E-state index contributed by atoms with van der Waals surface area (Å²) >= 11 is 0.774. The van der Waals surface area contributed by atoms with Crippen molar-refractivity contribution in [2.24, 2.45) is 22.8 Å². The molecule has 0 saturated heterocycles. The van der Waals surface area contributed by atoms with Gasteiger partial charge >= 0.3 is 0 Å². The van der Waals surface area contributed by atoms with Gasteiger partial charge in [-0.15, -0.1) is 0 Å². The van der Waals surface area contributed by atoms with Crippen LogP contribution in [0.1, 0.15) is 39.0 Å². The fourth-order valence-electron chi connectivity index (χ4n) is 3.90. The lowest BCUT2D eigenvalue weighted by Crippen LogP contribution is -2.40. The molecule has 0 bridgehead atoms. The fraction of sp³-hybridized carbons (Fsp3) is 0.579. The summed E-state index contributed by atoms with van der Waals surface area (Å²) in [5, 5.41) is -0.0534. The van der Waals surface area contributed by atoms with Crippen LogP contribution in [0.15, 0.2) is 23.4 Å². The average Bonchev–Trinajstić information content (AvgIpc) is 3.16. The predicted molar refractivity (Wildman–Crippen MR) is 114 cm³/mol. The smallest absolute Gasteiger partial charge is 0.266 e. The lowest BCUT2D eigenvalue weighted by molar-refractivity contribution is 0.0616. The third-order valence-electron chi connectivity index (χ3n) is 5.84. The number of nitrogens with two attached hydrogens (primary N) is 2. The Hall–Kier alpha value is -1.89. The standard InChI is InChI=1S/C19H27F2N5O3S2/c1-12(23)13(9-19(5-6-22)3-2-4-19)10-29-16-7-15(21)17(8-14(16)20)31(27,28)26-18-24-11-25-30-18/h7-8,11-13H,2-6,9-10,22-23H2,1H3,(H,24,25,26). The highest BCUT2D eigenvalue weighted by Gasteiger charge is 2.39. The quantitative estimate of drug-likeness (QED) is 0.455. The van der Waals surface area contributed by atoms with Crippen molar-refractivity contribution in [1.29, 1.82) is 0 Å². The number of nitrogens with one attached hydrogen (secondary N) is 1. The lowest BCUT2D eigenvalue weighted by atomic mass is 9.62. The monoisotopic (exact) mass is 475 g/mol. The SMILES string of the molecule is CC(N)C(COc1cc(F)c(S(=O)(=O)Nc2ncns2)cc1F)CC1(CCN)CCC1. The fourth-order valence-corrected chi connectivity index (χ4v) is 5.64. The van der Waals surface area contributed by atoms with E-state index in [1.807, 2.05) is 6.92 Å². The van der Waals surface area contributed by atoms with Gasteiger partial charge in [-0.05, 0) is 44.6 Å². The highest BCUT2D eigenvalue weighted by Crippen LogP contribution is 2.48. The van der Waals surface area contributed by atoms with Crippen LogP contribution in [-0.4, -0.2) is 37.0 Å². The third-order valence-corrected chi connectivity index (χ3v) is 7.90. The molecular formula is C19H27F2N5O3S2. The van der Waals surface area contributed by atoms with Crippen molar-refractivity contribution >= 4 is 26.7 Å². The normalized spacial score (nSPS) is 17.6. The molecule has 5 N–H and O–H groups in total. The van der Waals surface area contributed by atoms with Gasteiger partial charge < -0.3 is 16.2 Å². The number of rotatable bonds is 11. The number of nitrogens with zero attached hydrogens (tertiary/aromatic N) is 2. The van der Waals surface area contributed by atoms with E-state index >= 15 is 0 Å². The Bertz CT molecular complexity index is 983. The Morgan fingerprint density at radius 2 is 2.06 bits per heavy atom. The van der Waals surface area contributed by atoms with E-state index in [2.05, 4.69) is 14.1 Å². The maximum Gasteiger partial charge on any atom is 0.266 e. The molecule has 1 aliphatic carbocycles. The van der Waals surface area contributed by atoms with Crippen molar-refractivity contribution in [2.45, 2.75) is 50.0 Å². The highest BCUT2D eigenvalue weighted by atomic mass is 32.2. The summed E-state index contributed by atoms with van der Waals surface area (Å²) in [6.45, 7) is 2.54. The second-order valence-corrected chi connectivity index (χ2v) is 10.5. The van der Waals surface area contributed by atoms with E-state index in [9.17, 15) is 17.2 Å². The van der Waals surface area contributed by atoms with E-state index < -0.39 is 26.6 Å². The van der Waals surface area contributed by atoms with Crippen LogP contribution in [-0.2, 0) is 10.0 Å². The molecule has 0 spiro atoms. The number of halogens is 2. The van der Waals surface area contributed by atoms with Crippen LogP contribution in [0.25, 0.3) is 0 Å². The molecule has 1 aromatic heterocycles. The zero-order chi connectivity index (χ0) is 22.6. The van der Waals surface area contributed by atoms with Gasteiger partial charge in [-0.3, -0.25) is 4.72 Å². The van der Waals surface area contributed by atoms with Gasteiger partial charge in [0.2, 0.25) is 5.13 Å². The molecule has 12 heteroatoms. The van der Waals surface area contributed by atoms with Gasteiger partial charge in [-0.25, -0.2) is 22.2 Å². The number of hydrogen-bond acceptors (Lipinski definition) is 8. The summed E-state index contributed by atoms with van der Waals surface area (Å²) in [4.78, 5) is 2.83. The number of hydrogen-bond donors (Lipinski definition) is 3. The minimum Gasteiger partial charge on any atom is -0.490 e. The number of anilines is 1. The van der Waals surface area contributed by atoms with Gasteiger partial charge in [0, 0.05) is 35.6 Å². The van der Waals surface area contributed by atoms with Gasteiger partial charge in [0.1, 0.15) is 17.0 Å². The number of ether oxygens (including phenoxy) is 1. The Morgan fingerprint density at radius 3 is 2.61 bits per heavy atom. The molecule has 31 heavy (non-hydrogen) atoms. The zero-order valence-electron chi connectivity index (χ0n) is 17.2. The lowest BCUT2D eigenvalue weighted by Gasteiger charge is -2.45. The van der Waals surface area contributed by atoms with Crippen LogP contribution >= 0.6 is 11.5 Å². The van der Waals surface area contributed by atoms with Gasteiger partial charge in [-0.1, -0.05) is 6.42 Å². The summed E-state index contributed by atoms with van der Waals surface area (Å²) in [5.74, 6) is -2.55. The molecule has 1 aliphatic rings. The molecule has 3 rings (SSSR count). The van der Waals surface area contributed by atoms with E-state index in [1.54, 1.807) is 0 Å². The molecule has 2 aromatic rings. The summed E-state index contributed by atoms with van der Waals surface area (Å²) in [5.41, 5.74) is 12.0. The van der Waals surface area contributed by atoms with Crippen LogP contribution in [0.2, 0.25) is 0 Å². The van der Waals surface area contributed by atoms with Crippen molar-refractivity contribution in [3.05, 3.63) is 30.1 Å². The summed E-state index contributed by atoms with van der Waals surface area (Å²) in [6.07, 6.45) is 6.13. The van der Waals surface area contributed by atoms with E-state index in [-0.39, 0.29) is 34.9 Å². The van der Waals surface area contributed by atoms with Crippen molar-refractivity contribution < 1.29 is 21.9 Å². The first-order valence-electron chi connectivity index (χ1n) is 10.0. The molecule has 0 amide bonds. The van der Waals surface area contributed by atoms with Crippen molar-refractivity contribution in [3.63, 3.8) is 0 Å². The van der Waals surface area contributed by atoms with E-state index in [0.29, 0.717) is 12.6 Å². The molecule has 172 valence electrons. The number of aromatic nitrogens is 2. The van der Waals surface area contributed by atoms with Crippen molar-refractivity contribution in [1.82, 2.24) is 9.36 Å². The number of benzene rings is 1. The zero-order valence-corrected chi connectivity index (χ0v) is 18.8. The molecule has 1 saturated carbocycles. The molecule has 1 heterocycles. The maximum atomic E-state index is 14.6. The average molecular weight is 476 g/mol. The molecule has 1 aromatic carbocycles. The minimum absolute atomic E-state index is 0.0534. The second-order valence-electron chi connectivity index (χ2n) is 8.09. The van der Waals surface area contributed by atoms with Gasteiger partial charge in [0.05, 0.1) is 6.61 Å². The number of sulfonamides is 1. The molecule has 2 unspecified atom stereocenters. The maximum absolute atomic E-state index is 14.6. The third kappa shape index (κ3) is 5.68. The topological polar surface area (TPSA) is 133 Å². The van der Waals surface area contributed by atoms with Crippen molar-refractivity contribution in [3.8, 4) is 5.75 Å². The minimum atomic E-state index is -4.37. The first-order valence-corrected chi connectivity index (χ1v) is 12.3. The van der Waals surface area contributed by atoms with Crippen LogP contribution < -0.4 is 20.9 Å². The Balaban J connectivity index is 1.72.